The summed E-state index contributed by atoms with van der Waals surface area (Å²) in [6, 6.07) is 17.2. The first-order chi connectivity index (χ1) is 16.1. The molecule has 0 bridgehead atoms. The zero-order valence-electron chi connectivity index (χ0n) is 19.9. The van der Waals surface area contributed by atoms with Crippen molar-refractivity contribution in [2.45, 2.75) is 50.1 Å². The van der Waals surface area contributed by atoms with E-state index in [4.69, 9.17) is 5.11 Å². The first kappa shape index (κ1) is 28.2. The summed E-state index contributed by atoms with van der Waals surface area (Å²) < 4.78 is 28.8. The number of benzene rings is 1. The fourth-order valence-electron chi connectivity index (χ4n) is 3.40. The number of hydrogen-bond acceptors (Lipinski definition) is 6. The maximum absolute atomic E-state index is 13.0. The molecule has 0 fully saturated rings. The van der Waals surface area contributed by atoms with E-state index >= 15 is 0 Å². The van der Waals surface area contributed by atoms with Crippen LogP contribution < -0.4 is 10.0 Å². The Labute approximate surface area is 212 Å². The number of carboxylic acid groups (broad SMARTS) is 1. The molecule has 10 heteroatoms. The molecule has 3 aromatic rings. The zero-order chi connectivity index (χ0) is 24.8. The molecule has 0 saturated heterocycles. The number of carbonyl (C=O) groups is 1. The monoisotopic (exact) mass is 518 g/mol. The second kappa shape index (κ2) is 12.1. The van der Waals surface area contributed by atoms with Crippen LogP contribution in [0.1, 0.15) is 50.1 Å². The summed E-state index contributed by atoms with van der Waals surface area (Å²) in [5.74, 6) is -0.670. The summed E-state index contributed by atoms with van der Waals surface area (Å²) in [6.45, 7) is 6.22. The third-order valence-corrected chi connectivity index (χ3v) is 7.20. The quantitative estimate of drug-likeness (QED) is 0.345. The van der Waals surface area contributed by atoms with Gasteiger partial charge in [-0.3, -0.25) is 4.79 Å². The Morgan fingerprint density at radius 1 is 1.06 bits per heavy atom. The first-order valence-electron chi connectivity index (χ1n) is 11.1. The van der Waals surface area contributed by atoms with E-state index < -0.39 is 22.0 Å². The van der Waals surface area contributed by atoms with Gasteiger partial charge in [0.15, 0.2) is 5.03 Å². The van der Waals surface area contributed by atoms with Crippen LogP contribution in [0.5, 0.6) is 0 Å². The molecule has 0 aliphatic rings. The molecule has 0 spiro atoms. The smallest absolute Gasteiger partial charge is 0.322 e. The standard InChI is InChI=1S/C25H30N4O4S.ClH/c1-4-25(2,3)19-13-11-18(12-14-19)16-21(29-34(32,33)23-10-5-6-15-26-23)20-8-7-9-22(28-20)27-17-24(30)31;/h5-15,21,29H,4,16-17H2,1-3H3,(H,27,28)(H,30,31);1H. The number of rotatable bonds is 11. The van der Waals surface area contributed by atoms with Crippen LogP contribution in [0.3, 0.4) is 0 Å². The largest absolute Gasteiger partial charge is 0.480 e. The summed E-state index contributed by atoms with van der Waals surface area (Å²) in [7, 11) is -3.92. The van der Waals surface area contributed by atoms with Gasteiger partial charge in [-0.15, -0.1) is 12.4 Å². The molecule has 35 heavy (non-hydrogen) atoms. The maximum Gasteiger partial charge on any atom is 0.322 e. The van der Waals surface area contributed by atoms with Gasteiger partial charge >= 0.3 is 5.97 Å². The number of aliphatic carboxylic acids is 1. The van der Waals surface area contributed by atoms with E-state index in [2.05, 4.69) is 52.9 Å². The Morgan fingerprint density at radius 3 is 2.37 bits per heavy atom. The number of aromatic nitrogens is 2. The van der Waals surface area contributed by atoms with E-state index in [-0.39, 0.29) is 29.4 Å². The van der Waals surface area contributed by atoms with Gasteiger partial charge in [0.25, 0.3) is 10.0 Å². The highest BCUT2D eigenvalue weighted by atomic mass is 35.5. The number of nitrogens with one attached hydrogen (secondary N) is 2. The normalized spacial score (nSPS) is 12.4. The third kappa shape index (κ3) is 7.74. The Balaban J connectivity index is 0.00000432. The highest BCUT2D eigenvalue weighted by Crippen LogP contribution is 2.28. The van der Waals surface area contributed by atoms with Crippen molar-refractivity contribution in [1.29, 1.82) is 0 Å². The van der Waals surface area contributed by atoms with Crippen molar-refractivity contribution in [1.82, 2.24) is 14.7 Å². The van der Waals surface area contributed by atoms with Crippen LogP contribution in [0.15, 0.2) is 71.9 Å². The number of sulfonamides is 1. The number of halogens is 1. The maximum atomic E-state index is 13.0. The highest BCUT2D eigenvalue weighted by molar-refractivity contribution is 7.89. The number of nitrogens with zero attached hydrogens (tertiary/aromatic N) is 2. The molecule has 0 aliphatic carbocycles. The second-order valence-electron chi connectivity index (χ2n) is 8.68. The van der Waals surface area contributed by atoms with Crippen molar-refractivity contribution in [2.75, 3.05) is 11.9 Å². The summed E-state index contributed by atoms with van der Waals surface area (Å²) in [4.78, 5) is 19.3. The molecular weight excluding hydrogens is 488 g/mol. The first-order valence-corrected chi connectivity index (χ1v) is 12.5. The van der Waals surface area contributed by atoms with Crippen molar-refractivity contribution in [2.24, 2.45) is 0 Å². The average molecular weight is 519 g/mol. The van der Waals surface area contributed by atoms with Crippen LogP contribution in [0.2, 0.25) is 0 Å². The van der Waals surface area contributed by atoms with Crippen molar-refractivity contribution < 1.29 is 18.3 Å². The molecule has 3 N–H and O–H groups in total. The number of pyridine rings is 2. The van der Waals surface area contributed by atoms with Crippen LogP contribution in [-0.4, -0.2) is 36.0 Å². The summed E-state index contributed by atoms with van der Waals surface area (Å²) in [5, 5.41) is 11.6. The van der Waals surface area contributed by atoms with Crippen molar-refractivity contribution in [3.05, 3.63) is 83.7 Å². The van der Waals surface area contributed by atoms with Gasteiger partial charge in [-0.2, -0.15) is 0 Å². The Morgan fingerprint density at radius 2 is 1.77 bits per heavy atom. The molecule has 188 valence electrons. The van der Waals surface area contributed by atoms with E-state index in [1.165, 1.54) is 17.8 Å². The fourth-order valence-corrected chi connectivity index (χ4v) is 4.56. The van der Waals surface area contributed by atoms with Crippen LogP contribution in [-0.2, 0) is 26.7 Å². The molecule has 2 aromatic heterocycles. The molecular formula is C25H31ClN4O4S. The lowest BCUT2D eigenvalue weighted by molar-refractivity contribution is -0.134. The number of carboxylic acids is 1. The Bertz CT molecular complexity index is 1220. The molecule has 0 saturated carbocycles. The van der Waals surface area contributed by atoms with Gasteiger partial charge in [-0.25, -0.2) is 23.1 Å². The van der Waals surface area contributed by atoms with E-state index in [9.17, 15) is 13.2 Å². The van der Waals surface area contributed by atoms with Gasteiger partial charge in [0.2, 0.25) is 0 Å². The molecule has 3 rings (SSSR count). The Kier molecular flexibility index (Phi) is 9.76. The topological polar surface area (TPSA) is 121 Å². The van der Waals surface area contributed by atoms with Gasteiger partial charge in [0.05, 0.1) is 11.7 Å². The molecule has 8 nitrogen and oxygen atoms in total. The zero-order valence-corrected chi connectivity index (χ0v) is 21.6. The van der Waals surface area contributed by atoms with Gasteiger partial charge in [0.1, 0.15) is 12.4 Å². The van der Waals surface area contributed by atoms with Crippen LogP contribution in [0.4, 0.5) is 5.82 Å². The van der Waals surface area contributed by atoms with Crippen LogP contribution >= 0.6 is 12.4 Å². The van der Waals surface area contributed by atoms with Gasteiger partial charge in [0, 0.05) is 6.20 Å². The summed E-state index contributed by atoms with van der Waals surface area (Å²) in [6.07, 6.45) is 2.78. The van der Waals surface area contributed by atoms with Crippen molar-refractivity contribution >= 4 is 34.2 Å². The Hall–Kier alpha value is -3.01. The van der Waals surface area contributed by atoms with Crippen LogP contribution in [0.25, 0.3) is 0 Å². The molecule has 0 amide bonds. The van der Waals surface area contributed by atoms with E-state index in [0.29, 0.717) is 17.9 Å². The predicted molar refractivity (Wildman–Crippen MR) is 138 cm³/mol. The lowest BCUT2D eigenvalue weighted by Crippen LogP contribution is -2.31. The molecule has 0 aliphatic heterocycles. The van der Waals surface area contributed by atoms with E-state index in [1.807, 2.05) is 12.1 Å². The molecule has 0 radical (unpaired) electrons. The summed E-state index contributed by atoms with van der Waals surface area (Å²) >= 11 is 0. The average Bonchev–Trinajstić information content (AvgIpc) is 2.83. The van der Waals surface area contributed by atoms with E-state index in [1.54, 1.807) is 30.3 Å². The van der Waals surface area contributed by atoms with Crippen LogP contribution in [0, 0.1) is 0 Å². The lowest BCUT2D eigenvalue weighted by Gasteiger charge is -2.24. The number of anilines is 1. The van der Waals surface area contributed by atoms with Gasteiger partial charge in [-0.05, 0) is 53.6 Å². The second-order valence-corrected chi connectivity index (χ2v) is 10.3. The molecule has 1 atom stereocenters. The summed E-state index contributed by atoms with van der Waals surface area (Å²) in [5.41, 5.74) is 2.66. The SMILES string of the molecule is CCC(C)(C)c1ccc(CC(NS(=O)(=O)c2ccccn2)c2cccc(NCC(=O)O)n2)cc1.Cl. The minimum atomic E-state index is -3.92. The van der Waals surface area contributed by atoms with Crippen molar-refractivity contribution in [3.8, 4) is 0 Å². The molecule has 1 unspecified atom stereocenters. The highest BCUT2D eigenvalue weighted by Gasteiger charge is 2.24. The predicted octanol–water partition coefficient (Wildman–Crippen LogP) is 4.34. The van der Waals surface area contributed by atoms with Gasteiger partial charge < -0.3 is 10.4 Å². The minimum absolute atomic E-state index is 0. The minimum Gasteiger partial charge on any atom is -0.480 e. The van der Waals surface area contributed by atoms with Crippen molar-refractivity contribution in [3.63, 3.8) is 0 Å². The number of hydrogen-bond donors (Lipinski definition) is 3. The van der Waals surface area contributed by atoms with Gasteiger partial charge in [-0.1, -0.05) is 57.2 Å². The third-order valence-electron chi connectivity index (χ3n) is 5.82. The molecule has 2 heterocycles. The van der Waals surface area contributed by atoms with E-state index in [0.717, 1.165) is 12.0 Å². The molecule has 1 aromatic carbocycles. The lowest BCUT2D eigenvalue weighted by atomic mass is 9.82. The fraction of sp³-hybridized carbons (Fsp3) is 0.320.